The van der Waals surface area contributed by atoms with E-state index in [9.17, 15) is 9.59 Å². The van der Waals surface area contributed by atoms with Gasteiger partial charge in [0.2, 0.25) is 0 Å². The second-order valence-electron chi connectivity index (χ2n) is 6.72. The number of thiophene rings is 2. The molecule has 0 saturated heterocycles. The van der Waals surface area contributed by atoms with Crippen LogP contribution < -0.4 is 16.0 Å². The molecule has 0 aliphatic carbocycles. The summed E-state index contributed by atoms with van der Waals surface area (Å²) >= 11 is 6.72. The molecule has 0 spiro atoms. The molecule has 2 aliphatic rings. The molecule has 2 aliphatic heterocycles. The van der Waals surface area contributed by atoms with Gasteiger partial charge in [0.05, 0.1) is 29.2 Å². The largest absolute Gasteiger partial charge is 0.462 e. The number of urea groups is 1. The monoisotopic (exact) mass is 499 g/mol. The first kappa shape index (κ1) is 20.8. The molecule has 4 heterocycles. The minimum absolute atomic E-state index is 0.289. The third kappa shape index (κ3) is 4.36. The third-order valence-electron chi connectivity index (χ3n) is 4.94. The normalized spacial score (nSPS) is 15.4. The lowest BCUT2D eigenvalue weighted by Crippen LogP contribution is -2.29. The van der Waals surface area contributed by atoms with E-state index in [2.05, 4.69) is 31.9 Å². The summed E-state index contributed by atoms with van der Waals surface area (Å²) in [4.78, 5) is 27.4. The second-order valence-corrected chi connectivity index (χ2v) is 10.2. The predicted molar refractivity (Wildman–Crippen MR) is 117 cm³/mol. The summed E-state index contributed by atoms with van der Waals surface area (Å²) in [6, 6.07) is -0.337. The van der Waals surface area contributed by atoms with Crippen LogP contribution in [-0.4, -0.2) is 31.8 Å². The zero-order chi connectivity index (χ0) is 20.4. The van der Waals surface area contributed by atoms with Gasteiger partial charge < -0.3 is 20.1 Å². The molecule has 0 bridgehead atoms. The molecular formula is C19H22BrN3O4S2. The number of hydrogen-bond acceptors (Lipinski definition) is 7. The fraction of sp³-hybridized carbons (Fsp3) is 0.474. The van der Waals surface area contributed by atoms with Gasteiger partial charge in [0.15, 0.2) is 0 Å². The van der Waals surface area contributed by atoms with E-state index in [0.717, 1.165) is 39.3 Å². The van der Waals surface area contributed by atoms with Crippen LogP contribution in [-0.2, 0) is 42.0 Å². The quantitative estimate of drug-likeness (QED) is 0.544. The van der Waals surface area contributed by atoms with E-state index in [1.165, 1.54) is 21.8 Å². The minimum atomic E-state index is -0.399. The highest BCUT2D eigenvalue weighted by atomic mass is 79.9. The van der Waals surface area contributed by atoms with Crippen molar-refractivity contribution in [2.24, 2.45) is 0 Å². The zero-order valence-electron chi connectivity index (χ0n) is 16.0. The summed E-state index contributed by atoms with van der Waals surface area (Å²) < 4.78 is 11.8. The Bertz CT molecular complexity index is 941. The summed E-state index contributed by atoms with van der Waals surface area (Å²) in [5.41, 5.74) is 3.84. The standard InChI is InChI=1S/C19H22BrN3O4S2/c1-2-27-18(24)15-11-4-6-26-9-14(11)29-17(15)23-19(25)22-7-12-10-3-5-21-8-13(10)28-16(12)20/h21H,2-9H2,1H3,(H2,22,23,25). The van der Waals surface area contributed by atoms with Crippen LogP contribution in [0, 0.1) is 0 Å². The number of nitrogens with one attached hydrogen (secondary N) is 3. The molecule has 29 heavy (non-hydrogen) atoms. The summed E-state index contributed by atoms with van der Waals surface area (Å²) in [6.45, 7) is 5.33. The number of halogens is 1. The van der Waals surface area contributed by atoms with Crippen LogP contribution in [0.1, 0.15) is 43.7 Å². The van der Waals surface area contributed by atoms with E-state index in [1.807, 2.05) is 0 Å². The average molecular weight is 500 g/mol. The van der Waals surface area contributed by atoms with Crippen LogP contribution in [0.4, 0.5) is 9.80 Å². The summed E-state index contributed by atoms with van der Waals surface area (Å²) in [7, 11) is 0. The van der Waals surface area contributed by atoms with Crippen molar-refractivity contribution in [1.29, 1.82) is 0 Å². The van der Waals surface area contributed by atoms with Crippen molar-refractivity contribution < 1.29 is 19.1 Å². The number of anilines is 1. The zero-order valence-corrected chi connectivity index (χ0v) is 19.2. The Labute approximate surface area is 185 Å². The van der Waals surface area contributed by atoms with Gasteiger partial charge in [0.1, 0.15) is 5.00 Å². The van der Waals surface area contributed by atoms with Crippen molar-refractivity contribution in [1.82, 2.24) is 10.6 Å². The van der Waals surface area contributed by atoms with E-state index in [0.29, 0.717) is 36.7 Å². The van der Waals surface area contributed by atoms with E-state index in [1.54, 1.807) is 18.3 Å². The lowest BCUT2D eigenvalue weighted by atomic mass is 10.0. The maximum atomic E-state index is 12.6. The first-order chi connectivity index (χ1) is 14.1. The number of ether oxygens (including phenoxy) is 2. The van der Waals surface area contributed by atoms with Crippen LogP contribution in [0.25, 0.3) is 0 Å². The van der Waals surface area contributed by atoms with Gasteiger partial charge in [-0.3, -0.25) is 5.32 Å². The molecule has 0 atom stereocenters. The minimum Gasteiger partial charge on any atom is -0.462 e. The van der Waals surface area contributed by atoms with Gasteiger partial charge in [-0.25, -0.2) is 9.59 Å². The van der Waals surface area contributed by atoms with Gasteiger partial charge in [-0.15, -0.1) is 22.7 Å². The van der Waals surface area contributed by atoms with Gasteiger partial charge in [0.25, 0.3) is 0 Å². The topological polar surface area (TPSA) is 88.7 Å². The molecule has 0 fully saturated rings. The number of amides is 2. The summed E-state index contributed by atoms with van der Waals surface area (Å²) in [5.74, 6) is -0.399. The molecule has 2 aromatic heterocycles. The molecule has 0 radical (unpaired) electrons. The molecule has 4 rings (SSSR count). The fourth-order valence-corrected chi connectivity index (χ4v) is 6.79. The Kier molecular flexibility index (Phi) is 6.55. The smallest absolute Gasteiger partial charge is 0.341 e. The molecule has 0 unspecified atom stereocenters. The molecule has 3 N–H and O–H groups in total. The average Bonchev–Trinajstić information content (AvgIpc) is 3.22. The highest BCUT2D eigenvalue weighted by Crippen LogP contribution is 2.37. The predicted octanol–water partition coefficient (Wildman–Crippen LogP) is 3.79. The molecule has 2 amide bonds. The van der Waals surface area contributed by atoms with Gasteiger partial charge in [0, 0.05) is 22.8 Å². The van der Waals surface area contributed by atoms with Crippen LogP contribution in [0.3, 0.4) is 0 Å². The van der Waals surface area contributed by atoms with Crippen LogP contribution in [0.15, 0.2) is 3.79 Å². The van der Waals surface area contributed by atoms with E-state index < -0.39 is 5.97 Å². The molecular weight excluding hydrogens is 478 g/mol. The first-order valence-electron chi connectivity index (χ1n) is 9.52. The van der Waals surface area contributed by atoms with E-state index in [-0.39, 0.29) is 12.6 Å². The van der Waals surface area contributed by atoms with E-state index >= 15 is 0 Å². The summed E-state index contributed by atoms with van der Waals surface area (Å²) in [5, 5.41) is 9.68. The molecule has 0 aromatic carbocycles. The third-order valence-corrected chi connectivity index (χ3v) is 8.09. The SMILES string of the molecule is CCOC(=O)c1c(NC(=O)NCc2c(Br)sc3c2CCNC3)sc2c1CCOC2. The molecule has 7 nitrogen and oxygen atoms in total. The lowest BCUT2D eigenvalue weighted by molar-refractivity contribution is 0.0524. The Morgan fingerprint density at radius 1 is 1.24 bits per heavy atom. The molecule has 2 aromatic rings. The number of hydrogen-bond donors (Lipinski definition) is 3. The van der Waals surface area contributed by atoms with Crippen molar-refractivity contribution in [3.63, 3.8) is 0 Å². The number of carbonyl (C=O) groups is 2. The lowest BCUT2D eigenvalue weighted by Gasteiger charge is -2.15. The highest BCUT2D eigenvalue weighted by molar-refractivity contribution is 9.11. The Balaban J connectivity index is 1.48. The number of esters is 1. The van der Waals surface area contributed by atoms with Gasteiger partial charge >= 0.3 is 12.0 Å². The van der Waals surface area contributed by atoms with Crippen LogP contribution >= 0.6 is 38.6 Å². The van der Waals surface area contributed by atoms with Crippen molar-refractivity contribution >= 4 is 55.6 Å². The molecule has 0 saturated carbocycles. The van der Waals surface area contributed by atoms with Crippen LogP contribution in [0.2, 0.25) is 0 Å². The Morgan fingerprint density at radius 2 is 2.10 bits per heavy atom. The van der Waals surface area contributed by atoms with Crippen LogP contribution in [0.5, 0.6) is 0 Å². The fourth-order valence-electron chi connectivity index (χ4n) is 3.60. The van der Waals surface area contributed by atoms with Crippen molar-refractivity contribution in [2.45, 2.75) is 39.5 Å². The Morgan fingerprint density at radius 3 is 2.93 bits per heavy atom. The van der Waals surface area contributed by atoms with Gasteiger partial charge in [-0.05, 0) is 58.9 Å². The number of carbonyl (C=O) groups excluding carboxylic acids is 2. The first-order valence-corrected chi connectivity index (χ1v) is 11.9. The number of fused-ring (bicyclic) bond motifs is 2. The van der Waals surface area contributed by atoms with Gasteiger partial charge in [-0.2, -0.15) is 0 Å². The van der Waals surface area contributed by atoms with Gasteiger partial charge in [-0.1, -0.05) is 0 Å². The Hall–Kier alpha value is -1.46. The highest BCUT2D eigenvalue weighted by Gasteiger charge is 2.28. The number of rotatable bonds is 5. The van der Waals surface area contributed by atoms with Crippen molar-refractivity contribution in [2.75, 3.05) is 25.1 Å². The summed E-state index contributed by atoms with van der Waals surface area (Å²) in [6.07, 6.45) is 1.60. The van der Waals surface area contributed by atoms with Crippen molar-refractivity contribution in [3.05, 3.63) is 35.8 Å². The molecule has 10 heteroatoms. The maximum Gasteiger partial charge on any atom is 0.341 e. The van der Waals surface area contributed by atoms with E-state index in [4.69, 9.17) is 9.47 Å². The molecule has 156 valence electrons. The maximum absolute atomic E-state index is 12.6. The van der Waals surface area contributed by atoms with Crippen molar-refractivity contribution in [3.8, 4) is 0 Å². The second kappa shape index (κ2) is 9.13.